The smallest absolute Gasteiger partial charge is 0.326 e. The Hall–Kier alpha value is -2.49. The number of nitrogens with one attached hydrogen (secondary N) is 1. The summed E-state index contributed by atoms with van der Waals surface area (Å²) in [6.07, 6.45) is 1.88. The van der Waals surface area contributed by atoms with E-state index >= 15 is 0 Å². The van der Waals surface area contributed by atoms with E-state index in [1.165, 1.54) is 5.56 Å². The molecular formula is C19H22N2O2. The largest absolute Gasteiger partial charge is 0.486 e. The van der Waals surface area contributed by atoms with Crippen molar-refractivity contribution in [3.05, 3.63) is 54.1 Å². The van der Waals surface area contributed by atoms with Crippen LogP contribution in [0, 0.1) is 0 Å². The molecule has 0 aliphatic carbocycles. The lowest BCUT2D eigenvalue weighted by atomic mass is 10.1. The molecule has 0 fully saturated rings. The summed E-state index contributed by atoms with van der Waals surface area (Å²) in [6.45, 7) is 4.74. The van der Waals surface area contributed by atoms with E-state index < -0.39 is 0 Å². The number of carbonyl (C=O) groups is 1. The van der Waals surface area contributed by atoms with Gasteiger partial charge < -0.3 is 10.1 Å². The summed E-state index contributed by atoms with van der Waals surface area (Å²) in [7, 11) is 0. The third-order valence-corrected chi connectivity index (χ3v) is 4.15. The monoisotopic (exact) mass is 310 g/mol. The maximum absolute atomic E-state index is 12.7. The quantitative estimate of drug-likeness (QED) is 0.909. The first-order valence-electron chi connectivity index (χ1n) is 8.14. The minimum Gasteiger partial charge on any atom is -0.486 e. The Balaban J connectivity index is 1.80. The van der Waals surface area contributed by atoms with E-state index in [-0.39, 0.29) is 12.1 Å². The molecule has 1 aliphatic rings. The van der Waals surface area contributed by atoms with Gasteiger partial charge in [-0.1, -0.05) is 38.1 Å². The number of ether oxygens (including phenoxy) is 1. The van der Waals surface area contributed by atoms with Gasteiger partial charge in [0, 0.05) is 5.69 Å². The molecule has 1 atom stereocenters. The van der Waals surface area contributed by atoms with Crippen molar-refractivity contribution < 1.29 is 9.53 Å². The highest BCUT2D eigenvalue weighted by molar-refractivity contribution is 6.03. The molecule has 2 aromatic rings. The third-order valence-electron chi connectivity index (χ3n) is 4.15. The van der Waals surface area contributed by atoms with Gasteiger partial charge in [-0.25, -0.2) is 4.79 Å². The Morgan fingerprint density at radius 2 is 1.91 bits per heavy atom. The average molecular weight is 310 g/mol. The number of hydrogen-bond acceptors (Lipinski definition) is 2. The Morgan fingerprint density at radius 3 is 2.61 bits per heavy atom. The van der Waals surface area contributed by atoms with Gasteiger partial charge in [0.25, 0.3) is 0 Å². The van der Waals surface area contributed by atoms with Crippen LogP contribution in [0.25, 0.3) is 0 Å². The van der Waals surface area contributed by atoms with Gasteiger partial charge >= 0.3 is 6.03 Å². The minimum absolute atomic E-state index is 0.0260. The Bertz CT molecular complexity index is 682. The number of amides is 2. The summed E-state index contributed by atoms with van der Waals surface area (Å²) >= 11 is 0. The number of benzene rings is 2. The van der Waals surface area contributed by atoms with Crippen molar-refractivity contribution >= 4 is 17.4 Å². The van der Waals surface area contributed by atoms with Gasteiger partial charge in [-0.2, -0.15) is 0 Å². The van der Waals surface area contributed by atoms with Crippen molar-refractivity contribution in [1.82, 2.24) is 0 Å². The van der Waals surface area contributed by atoms with Crippen molar-refractivity contribution in [3.8, 4) is 5.75 Å². The van der Waals surface area contributed by atoms with Crippen LogP contribution < -0.4 is 15.0 Å². The van der Waals surface area contributed by atoms with Gasteiger partial charge in [-0.3, -0.25) is 4.90 Å². The molecule has 1 aliphatic heterocycles. The van der Waals surface area contributed by atoms with E-state index in [0.29, 0.717) is 6.54 Å². The first-order chi connectivity index (χ1) is 11.2. The molecule has 2 amide bonds. The van der Waals surface area contributed by atoms with Gasteiger partial charge in [-0.15, -0.1) is 0 Å². The van der Waals surface area contributed by atoms with Crippen LogP contribution in [0.1, 0.15) is 25.8 Å². The topological polar surface area (TPSA) is 41.6 Å². The zero-order chi connectivity index (χ0) is 16.2. The molecule has 4 heteroatoms. The summed E-state index contributed by atoms with van der Waals surface area (Å²) in [6, 6.07) is 15.5. The Labute approximate surface area is 137 Å². The summed E-state index contributed by atoms with van der Waals surface area (Å²) in [4.78, 5) is 14.5. The normalized spacial score (nSPS) is 16.4. The number of fused-ring (bicyclic) bond motifs is 1. The first-order valence-corrected chi connectivity index (χ1v) is 8.14. The van der Waals surface area contributed by atoms with Gasteiger partial charge in [-0.05, 0) is 42.7 Å². The molecule has 0 spiro atoms. The lowest BCUT2D eigenvalue weighted by Crippen LogP contribution is -2.45. The predicted octanol–water partition coefficient (Wildman–Crippen LogP) is 4.46. The molecule has 2 aromatic carbocycles. The van der Waals surface area contributed by atoms with Crippen LogP contribution in [0.2, 0.25) is 0 Å². The lowest BCUT2D eigenvalue weighted by molar-refractivity contribution is 0.188. The molecule has 0 radical (unpaired) electrons. The molecule has 1 heterocycles. The number of hydrogen-bond donors (Lipinski definition) is 1. The summed E-state index contributed by atoms with van der Waals surface area (Å²) in [5.41, 5.74) is 2.88. The van der Waals surface area contributed by atoms with Gasteiger partial charge in [0.1, 0.15) is 11.9 Å². The molecule has 0 bridgehead atoms. The third kappa shape index (κ3) is 3.31. The fourth-order valence-corrected chi connectivity index (χ4v) is 2.72. The molecule has 0 aromatic heterocycles. The standard InChI is InChI=1S/C19H22N2O2/c1-3-14-9-11-15(12-10-14)20-19(22)21-13-16(4-2)23-18-8-6-5-7-17(18)21/h5-12,16H,3-4,13H2,1-2H3,(H,20,22)/t16-/m0/s1. The van der Waals surface area contributed by atoms with Crippen molar-refractivity contribution in [1.29, 1.82) is 0 Å². The molecule has 1 N–H and O–H groups in total. The van der Waals surface area contributed by atoms with Crippen molar-refractivity contribution in [2.75, 3.05) is 16.8 Å². The Morgan fingerprint density at radius 1 is 1.17 bits per heavy atom. The second-order valence-corrected chi connectivity index (χ2v) is 5.71. The lowest BCUT2D eigenvalue weighted by Gasteiger charge is -2.34. The zero-order valence-electron chi connectivity index (χ0n) is 13.6. The zero-order valence-corrected chi connectivity index (χ0v) is 13.6. The number of para-hydroxylation sites is 2. The number of aryl methyl sites for hydroxylation is 1. The van der Waals surface area contributed by atoms with E-state index in [1.54, 1.807) is 4.90 Å². The van der Waals surface area contributed by atoms with Crippen LogP contribution in [0.15, 0.2) is 48.5 Å². The number of urea groups is 1. The summed E-state index contributed by atoms with van der Waals surface area (Å²) in [5, 5.41) is 2.98. The molecule has 3 rings (SSSR count). The van der Waals surface area contributed by atoms with Gasteiger partial charge in [0.2, 0.25) is 0 Å². The van der Waals surface area contributed by atoms with Crippen molar-refractivity contribution in [2.24, 2.45) is 0 Å². The van der Waals surface area contributed by atoms with Gasteiger partial charge in [0.15, 0.2) is 0 Å². The van der Waals surface area contributed by atoms with Crippen LogP contribution in [-0.4, -0.2) is 18.7 Å². The number of carbonyl (C=O) groups excluding carboxylic acids is 1. The molecule has 23 heavy (non-hydrogen) atoms. The van der Waals surface area contributed by atoms with Crippen LogP contribution in [0.3, 0.4) is 0 Å². The van der Waals surface area contributed by atoms with E-state index in [4.69, 9.17) is 4.74 Å². The predicted molar refractivity (Wildman–Crippen MR) is 93.3 cm³/mol. The summed E-state index contributed by atoms with van der Waals surface area (Å²) in [5.74, 6) is 0.766. The van der Waals surface area contributed by atoms with E-state index in [9.17, 15) is 4.79 Å². The number of rotatable bonds is 3. The average Bonchev–Trinajstić information content (AvgIpc) is 2.61. The second-order valence-electron chi connectivity index (χ2n) is 5.71. The first kappa shape index (κ1) is 15.4. The van der Waals surface area contributed by atoms with E-state index in [1.807, 2.05) is 48.5 Å². The maximum atomic E-state index is 12.7. The van der Waals surface area contributed by atoms with Crippen LogP contribution in [-0.2, 0) is 6.42 Å². The molecule has 0 saturated heterocycles. The highest BCUT2D eigenvalue weighted by Gasteiger charge is 2.28. The highest BCUT2D eigenvalue weighted by atomic mass is 16.5. The van der Waals surface area contributed by atoms with Crippen molar-refractivity contribution in [3.63, 3.8) is 0 Å². The fourth-order valence-electron chi connectivity index (χ4n) is 2.72. The van der Waals surface area contributed by atoms with Crippen molar-refractivity contribution in [2.45, 2.75) is 32.8 Å². The molecule has 0 unspecified atom stereocenters. The number of anilines is 2. The molecule has 120 valence electrons. The fraction of sp³-hybridized carbons (Fsp3) is 0.316. The SMILES string of the molecule is CCc1ccc(NC(=O)N2C[C@H](CC)Oc3ccccc32)cc1. The Kier molecular flexibility index (Phi) is 4.51. The minimum atomic E-state index is -0.122. The number of nitrogens with zero attached hydrogens (tertiary/aromatic N) is 1. The molecule has 4 nitrogen and oxygen atoms in total. The molecule has 0 saturated carbocycles. The second kappa shape index (κ2) is 6.73. The molecular weight excluding hydrogens is 288 g/mol. The van der Waals surface area contributed by atoms with Gasteiger partial charge in [0.05, 0.1) is 12.2 Å². The van der Waals surface area contributed by atoms with Crippen LogP contribution >= 0.6 is 0 Å². The summed E-state index contributed by atoms with van der Waals surface area (Å²) < 4.78 is 5.92. The van der Waals surface area contributed by atoms with Crippen LogP contribution in [0.4, 0.5) is 16.2 Å². The van der Waals surface area contributed by atoms with Crippen LogP contribution in [0.5, 0.6) is 5.75 Å². The van der Waals surface area contributed by atoms with E-state index in [0.717, 1.165) is 30.0 Å². The highest BCUT2D eigenvalue weighted by Crippen LogP contribution is 2.34. The maximum Gasteiger partial charge on any atom is 0.326 e. The van der Waals surface area contributed by atoms with E-state index in [2.05, 4.69) is 19.2 Å².